The maximum atomic E-state index is 11.9. The van der Waals surface area contributed by atoms with Crippen LogP contribution in [-0.2, 0) is 16.1 Å². The van der Waals surface area contributed by atoms with Crippen molar-refractivity contribution in [1.82, 2.24) is 15.6 Å². The number of amides is 2. The third-order valence-corrected chi connectivity index (χ3v) is 4.52. The fourth-order valence-electron chi connectivity index (χ4n) is 2.59. The molecule has 0 atom stereocenters. The summed E-state index contributed by atoms with van der Waals surface area (Å²) in [5, 5.41) is 7.59. The summed E-state index contributed by atoms with van der Waals surface area (Å²) in [6, 6.07) is 15.3. The first-order valence-corrected chi connectivity index (χ1v) is 9.64. The molecule has 2 N–H and O–H groups in total. The van der Waals surface area contributed by atoms with E-state index < -0.39 is 0 Å². The van der Waals surface area contributed by atoms with Crippen LogP contribution >= 0.6 is 15.9 Å². The molecule has 2 aromatic carbocycles. The van der Waals surface area contributed by atoms with Gasteiger partial charge >= 0.3 is 0 Å². The number of nitrogens with zero attached hydrogens (tertiary/aromatic N) is 1. The van der Waals surface area contributed by atoms with Gasteiger partial charge in [-0.1, -0.05) is 34.1 Å². The van der Waals surface area contributed by atoms with Crippen LogP contribution in [0.3, 0.4) is 0 Å². The summed E-state index contributed by atoms with van der Waals surface area (Å²) in [6.07, 6.45) is 3.59. The molecule has 0 spiro atoms. The van der Waals surface area contributed by atoms with Gasteiger partial charge < -0.3 is 15.4 Å². The van der Waals surface area contributed by atoms with Gasteiger partial charge in [0.05, 0.1) is 0 Å². The van der Waals surface area contributed by atoms with E-state index in [9.17, 15) is 9.59 Å². The highest BCUT2D eigenvalue weighted by molar-refractivity contribution is 9.10. The summed E-state index contributed by atoms with van der Waals surface area (Å²) in [5.74, 6) is 0.223. The number of carbonyl (C=O) groups excluding carboxylic acids is 2. The van der Waals surface area contributed by atoms with Crippen molar-refractivity contribution in [3.05, 3.63) is 71.0 Å². The lowest BCUT2D eigenvalue weighted by Crippen LogP contribution is -2.33. The summed E-state index contributed by atoms with van der Waals surface area (Å²) < 4.78 is 6.55. The summed E-state index contributed by atoms with van der Waals surface area (Å²) in [5.41, 5.74) is 0.927. The number of benzene rings is 2. The van der Waals surface area contributed by atoms with Crippen LogP contribution < -0.4 is 15.4 Å². The van der Waals surface area contributed by atoms with Gasteiger partial charge in [0.25, 0.3) is 5.91 Å². The fourth-order valence-corrected chi connectivity index (χ4v) is 2.97. The molecule has 3 aromatic rings. The van der Waals surface area contributed by atoms with E-state index in [4.69, 9.17) is 4.74 Å². The molecule has 0 saturated heterocycles. The van der Waals surface area contributed by atoms with Crippen LogP contribution in [0.5, 0.6) is 5.75 Å². The quantitative estimate of drug-likeness (QED) is 0.562. The maximum Gasteiger partial charge on any atom is 0.257 e. The Labute approximate surface area is 171 Å². The van der Waals surface area contributed by atoms with Gasteiger partial charge in [0, 0.05) is 36.4 Å². The first-order valence-electron chi connectivity index (χ1n) is 8.84. The minimum Gasteiger partial charge on any atom is -0.484 e. The number of ether oxygens (including phenoxy) is 1. The average Bonchev–Trinajstić information content (AvgIpc) is 2.71. The second-order valence-electron chi connectivity index (χ2n) is 6.18. The highest BCUT2D eigenvalue weighted by Gasteiger charge is 2.06. The van der Waals surface area contributed by atoms with Crippen molar-refractivity contribution in [1.29, 1.82) is 0 Å². The standard InChI is InChI=1S/C21H20BrN3O3/c22-18-5-3-17-11-19(6-4-16(17)10-18)28-14-21(27)24-9-7-20(26)25-13-15-2-1-8-23-12-15/h1-6,8,10-12H,7,9,13-14H2,(H,24,27)(H,25,26). The smallest absolute Gasteiger partial charge is 0.257 e. The number of fused-ring (bicyclic) bond motifs is 1. The minimum absolute atomic E-state index is 0.0979. The van der Waals surface area contributed by atoms with E-state index in [1.165, 1.54) is 0 Å². The van der Waals surface area contributed by atoms with E-state index in [0.29, 0.717) is 12.3 Å². The van der Waals surface area contributed by atoms with Crippen molar-refractivity contribution in [3.63, 3.8) is 0 Å². The Morgan fingerprint density at radius 1 is 1.00 bits per heavy atom. The van der Waals surface area contributed by atoms with E-state index >= 15 is 0 Å². The Hall–Kier alpha value is -2.93. The molecular formula is C21H20BrN3O3. The zero-order valence-electron chi connectivity index (χ0n) is 15.2. The van der Waals surface area contributed by atoms with Gasteiger partial charge in [-0.25, -0.2) is 0 Å². The van der Waals surface area contributed by atoms with Crippen LogP contribution in [0.25, 0.3) is 10.8 Å². The molecule has 1 aromatic heterocycles. The van der Waals surface area contributed by atoms with Gasteiger partial charge in [0.15, 0.2) is 6.61 Å². The van der Waals surface area contributed by atoms with Crippen molar-refractivity contribution >= 4 is 38.5 Å². The summed E-state index contributed by atoms with van der Waals surface area (Å²) in [6.45, 7) is 0.578. The zero-order chi connectivity index (χ0) is 19.8. The van der Waals surface area contributed by atoms with Gasteiger partial charge in [-0.3, -0.25) is 14.6 Å². The lowest BCUT2D eigenvalue weighted by atomic mass is 10.1. The molecule has 6 nitrogen and oxygen atoms in total. The van der Waals surface area contributed by atoms with E-state index in [1.807, 2.05) is 48.5 Å². The lowest BCUT2D eigenvalue weighted by molar-refractivity contribution is -0.123. The third-order valence-electron chi connectivity index (χ3n) is 4.03. The minimum atomic E-state index is -0.268. The molecular weight excluding hydrogens is 422 g/mol. The summed E-state index contributed by atoms with van der Waals surface area (Å²) in [4.78, 5) is 27.7. The monoisotopic (exact) mass is 441 g/mol. The summed E-state index contributed by atoms with van der Waals surface area (Å²) in [7, 11) is 0. The van der Waals surface area contributed by atoms with Crippen LogP contribution in [0.15, 0.2) is 65.4 Å². The van der Waals surface area contributed by atoms with Crippen LogP contribution in [0.1, 0.15) is 12.0 Å². The highest BCUT2D eigenvalue weighted by atomic mass is 79.9. The second-order valence-corrected chi connectivity index (χ2v) is 7.10. The normalized spacial score (nSPS) is 10.5. The number of aromatic nitrogens is 1. The Morgan fingerprint density at radius 3 is 2.64 bits per heavy atom. The van der Waals surface area contributed by atoms with Gasteiger partial charge in [0.1, 0.15) is 5.75 Å². The van der Waals surface area contributed by atoms with Crippen LogP contribution in [-0.4, -0.2) is 29.9 Å². The van der Waals surface area contributed by atoms with Gasteiger partial charge in [0.2, 0.25) is 5.91 Å². The number of nitrogens with one attached hydrogen (secondary N) is 2. The maximum absolute atomic E-state index is 11.9. The predicted octanol–water partition coefficient (Wildman–Crippen LogP) is 3.20. The average molecular weight is 442 g/mol. The molecule has 0 bridgehead atoms. The topological polar surface area (TPSA) is 80.3 Å². The molecule has 3 rings (SSSR count). The third kappa shape index (κ3) is 6.06. The molecule has 2 amide bonds. The van der Waals surface area contributed by atoms with Gasteiger partial charge in [-0.2, -0.15) is 0 Å². The van der Waals surface area contributed by atoms with E-state index in [0.717, 1.165) is 20.8 Å². The molecule has 0 aliphatic carbocycles. The van der Waals surface area contributed by atoms with Crippen LogP contribution in [0, 0.1) is 0 Å². The molecule has 0 aliphatic heterocycles. The first kappa shape index (κ1) is 19.8. The SMILES string of the molecule is O=C(CCNC(=O)COc1ccc2cc(Br)ccc2c1)NCc1cccnc1. The largest absolute Gasteiger partial charge is 0.484 e. The molecule has 1 heterocycles. The van der Waals surface area contributed by atoms with E-state index in [-0.39, 0.29) is 31.4 Å². The molecule has 0 aliphatic rings. The van der Waals surface area contributed by atoms with Crippen molar-refractivity contribution < 1.29 is 14.3 Å². The predicted molar refractivity (Wildman–Crippen MR) is 111 cm³/mol. The van der Waals surface area contributed by atoms with Gasteiger partial charge in [-0.05, 0) is 46.7 Å². The number of halogens is 1. The van der Waals surface area contributed by atoms with Crippen molar-refractivity contribution in [2.24, 2.45) is 0 Å². The van der Waals surface area contributed by atoms with Crippen molar-refractivity contribution in [3.8, 4) is 5.75 Å². The van der Waals surface area contributed by atoms with Crippen molar-refractivity contribution in [2.45, 2.75) is 13.0 Å². The number of pyridine rings is 1. The Bertz CT molecular complexity index is 964. The van der Waals surface area contributed by atoms with E-state index in [2.05, 4.69) is 31.5 Å². The lowest BCUT2D eigenvalue weighted by Gasteiger charge is -2.09. The Morgan fingerprint density at radius 2 is 1.82 bits per heavy atom. The Kier molecular flexibility index (Phi) is 6.97. The van der Waals surface area contributed by atoms with Crippen LogP contribution in [0.2, 0.25) is 0 Å². The molecule has 0 fully saturated rings. The zero-order valence-corrected chi connectivity index (χ0v) is 16.7. The molecule has 0 unspecified atom stereocenters. The van der Waals surface area contributed by atoms with Gasteiger partial charge in [-0.15, -0.1) is 0 Å². The number of hydrogen-bond acceptors (Lipinski definition) is 4. The second kappa shape index (κ2) is 9.85. The molecule has 0 saturated carbocycles. The van der Waals surface area contributed by atoms with E-state index in [1.54, 1.807) is 12.4 Å². The summed E-state index contributed by atoms with van der Waals surface area (Å²) >= 11 is 3.44. The number of carbonyl (C=O) groups is 2. The molecule has 7 heteroatoms. The number of rotatable bonds is 8. The molecule has 28 heavy (non-hydrogen) atoms. The molecule has 0 radical (unpaired) electrons. The highest BCUT2D eigenvalue weighted by Crippen LogP contribution is 2.24. The number of hydrogen-bond donors (Lipinski definition) is 2. The first-order chi connectivity index (χ1) is 13.6. The fraction of sp³-hybridized carbons (Fsp3) is 0.190. The molecule has 144 valence electrons. The van der Waals surface area contributed by atoms with Crippen molar-refractivity contribution in [2.75, 3.05) is 13.2 Å². The van der Waals surface area contributed by atoms with Crippen LogP contribution in [0.4, 0.5) is 0 Å². The Balaban J connectivity index is 1.36.